The van der Waals surface area contributed by atoms with Crippen LogP contribution >= 0.6 is 11.6 Å². The molecule has 268 valence electrons. The molecule has 9 nitrogen and oxygen atoms in total. The van der Waals surface area contributed by atoms with Crippen molar-refractivity contribution in [2.24, 2.45) is 0 Å². The molecule has 2 N–H and O–H groups in total. The number of nitrogens with one attached hydrogen (secondary N) is 1. The van der Waals surface area contributed by atoms with Gasteiger partial charge in [-0.25, -0.2) is 17.9 Å². The molecule has 0 unspecified atom stereocenters. The van der Waals surface area contributed by atoms with Crippen molar-refractivity contribution < 1.29 is 27.8 Å². The molecular weight excluding hydrogens is 686 g/mol. The molecule has 11 heteroatoms. The number of carbonyl (C=O) groups is 1. The molecule has 0 spiro atoms. The molecule has 2 heterocycles. The lowest BCUT2D eigenvalue weighted by atomic mass is 9.97. The molecule has 0 bridgehead atoms. The molecule has 1 aliphatic heterocycles. The van der Waals surface area contributed by atoms with Gasteiger partial charge in [0.1, 0.15) is 5.75 Å². The van der Waals surface area contributed by atoms with Gasteiger partial charge in [-0.3, -0.25) is 4.90 Å². The highest BCUT2D eigenvalue weighted by atomic mass is 35.5. The second kappa shape index (κ2) is 16.9. The van der Waals surface area contributed by atoms with Crippen molar-refractivity contribution in [1.82, 2.24) is 14.2 Å². The van der Waals surface area contributed by atoms with E-state index >= 15 is 0 Å². The minimum atomic E-state index is -3.56. The number of benzene rings is 4. The summed E-state index contributed by atoms with van der Waals surface area (Å²) in [5, 5.41) is 10.9. The summed E-state index contributed by atoms with van der Waals surface area (Å²) < 4.78 is 43.4. The SMILES string of the molecule is COC[C@H]1CCCN1CCS(=O)(=O)NCCc1c(CCOc2ccc(C(=O)O)cc2)c2cc(Cl)ccc2n1C(c1ccccc1)c1ccccc1. The van der Waals surface area contributed by atoms with Crippen LogP contribution < -0.4 is 9.46 Å². The van der Waals surface area contributed by atoms with Crippen LogP contribution in [0.3, 0.4) is 0 Å². The molecule has 51 heavy (non-hydrogen) atoms. The van der Waals surface area contributed by atoms with Gasteiger partial charge in [0.25, 0.3) is 0 Å². The Morgan fingerprint density at radius 1 is 0.961 bits per heavy atom. The Morgan fingerprint density at radius 2 is 1.65 bits per heavy atom. The van der Waals surface area contributed by atoms with Crippen LogP contribution in [0.2, 0.25) is 5.02 Å². The lowest BCUT2D eigenvalue weighted by molar-refractivity contribution is 0.0697. The molecule has 6 rings (SSSR count). The minimum Gasteiger partial charge on any atom is -0.493 e. The molecule has 0 saturated carbocycles. The molecule has 1 atom stereocenters. The molecule has 1 saturated heterocycles. The van der Waals surface area contributed by atoms with Gasteiger partial charge in [-0.15, -0.1) is 0 Å². The summed E-state index contributed by atoms with van der Waals surface area (Å²) in [6, 6.07) is 32.9. The van der Waals surface area contributed by atoms with Gasteiger partial charge in [-0.1, -0.05) is 72.3 Å². The first-order chi connectivity index (χ1) is 24.7. The molecule has 1 fully saturated rings. The van der Waals surface area contributed by atoms with Crippen molar-refractivity contribution >= 4 is 38.5 Å². The number of nitrogens with zero attached hydrogens (tertiary/aromatic N) is 2. The average molecular weight is 730 g/mol. The third kappa shape index (κ3) is 9.01. The smallest absolute Gasteiger partial charge is 0.335 e. The number of rotatable bonds is 17. The van der Waals surface area contributed by atoms with Gasteiger partial charge in [0.05, 0.1) is 30.6 Å². The van der Waals surface area contributed by atoms with E-state index in [1.165, 1.54) is 12.1 Å². The Morgan fingerprint density at radius 3 is 2.29 bits per heavy atom. The fourth-order valence-electron chi connectivity index (χ4n) is 7.18. The fourth-order valence-corrected chi connectivity index (χ4v) is 8.39. The number of carboxylic acids is 1. The van der Waals surface area contributed by atoms with E-state index in [-0.39, 0.29) is 29.9 Å². The topological polar surface area (TPSA) is 110 Å². The Balaban J connectivity index is 1.34. The van der Waals surface area contributed by atoms with E-state index in [1.54, 1.807) is 19.2 Å². The van der Waals surface area contributed by atoms with Gasteiger partial charge in [0.2, 0.25) is 10.0 Å². The molecular formula is C40H44ClN3O6S. The summed E-state index contributed by atoms with van der Waals surface area (Å²) in [5.74, 6) is -0.415. The van der Waals surface area contributed by atoms with Crippen molar-refractivity contribution in [3.8, 4) is 5.75 Å². The van der Waals surface area contributed by atoms with Crippen LogP contribution in [0.25, 0.3) is 10.9 Å². The number of sulfonamides is 1. The van der Waals surface area contributed by atoms with Crippen molar-refractivity contribution in [1.29, 1.82) is 0 Å². The number of hydrogen-bond acceptors (Lipinski definition) is 6. The van der Waals surface area contributed by atoms with Gasteiger partial charge >= 0.3 is 5.97 Å². The summed E-state index contributed by atoms with van der Waals surface area (Å²) in [5.41, 5.74) is 5.36. The van der Waals surface area contributed by atoms with E-state index in [0.717, 1.165) is 52.7 Å². The van der Waals surface area contributed by atoms with Crippen molar-refractivity contribution in [3.05, 3.63) is 136 Å². The standard InChI is InChI=1S/C40H44ClN3O6S/c1-49-28-33-13-8-23-43(33)24-26-51(47,48)42-22-20-38-35(21-25-50-34-17-14-31(15-18-34)40(45)46)36-27-32(41)16-19-37(36)44(38)39(29-9-4-2-5-10-29)30-11-6-3-7-12-30/h2-7,9-12,14-19,27,33,39,42H,8,13,20-26,28H2,1H3,(H,45,46)/t33-/m1/s1. The van der Waals surface area contributed by atoms with Gasteiger partial charge in [-0.05, 0) is 78.5 Å². The first-order valence-corrected chi connectivity index (χ1v) is 19.3. The van der Waals surface area contributed by atoms with Crippen LogP contribution in [0.4, 0.5) is 0 Å². The maximum atomic E-state index is 13.4. The Labute approximate surface area is 304 Å². The van der Waals surface area contributed by atoms with Gasteiger partial charge in [0, 0.05) is 60.7 Å². The fraction of sp³-hybridized carbons (Fsp3) is 0.325. The van der Waals surface area contributed by atoms with Crippen LogP contribution in [0.5, 0.6) is 5.75 Å². The number of aromatic nitrogens is 1. The number of likely N-dealkylation sites (tertiary alicyclic amines) is 1. The predicted octanol–water partition coefficient (Wildman–Crippen LogP) is 6.82. The molecule has 0 aliphatic carbocycles. The maximum Gasteiger partial charge on any atom is 0.335 e. The third-order valence-corrected chi connectivity index (χ3v) is 11.2. The van der Waals surface area contributed by atoms with Gasteiger partial charge in [-0.2, -0.15) is 0 Å². The summed E-state index contributed by atoms with van der Waals surface area (Å²) in [6.07, 6.45) is 3.00. The van der Waals surface area contributed by atoms with Crippen LogP contribution in [0.15, 0.2) is 103 Å². The number of methoxy groups -OCH3 is 1. The number of ether oxygens (including phenoxy) is 2. The van der Waals surface area contributed by atoms with Crippen molar-refractivity contribution in [3.63, 3.8) is 0 Å². The average Bonchev–Trinajstić information content (AvgIpc) is 3.70. The highest BCUT2D eigenvalue weighted by molar-refractivity contribution is 7.89. The van der Waals surface area contributed by atoms with Crippen LogP contribution in [-0.2, 0) is 27.6 Å². The highest BCUT2D eigenvalue weighted by Crippen LogP contribution is 2.38. The Kier molecular flexibility index (Phi) is 12.1. The number of hydrogen-bond donors (Lipinski definition) is 2. The summed E-state index contributed by atoms with van der Waals surface area (Å²) in [7, 11) is -1.87. The highest BCUT2D eigenvalue weighted by Gasteiger charge is 2.28. The summed E-state index contributed by atoms with van der Waals surface area (Å²) >= 11 is 6.63. The number of fused-ring (bicyclic) bond motifs is 1. The Hall–Kier alpha value is -4.19. The van der Waals surface area contributed by atoms with Crippen molar-refractivity contribution in [2.75, 3.05) is 45.7 Å². The largest absolute Gasteiger partial charge is 0.493 e. The van der Waals surface area contributed by atoms with Crippen LogP contribution in [0, 0.1) is 0 Å². The van der Waals surface area contributed by atoms with E-state index in [9.17, 15) is 18.3 Å². The number of halogens is 1. The zero-order valence-electron chi connectivity index (χ0n) is 28.7. The lowest BCUT2D eigenvalue weighted by Gasteiger charge is -2.25. The first kappa shape index (κ1) is 36.6. The molecule has 0 amide bonds. The zero-order valence-corrected chi connectivity index (χ0v) is 30.3. The summed E-state index contributed by atoms with van der Waals surface area (Å²) in [4.78, 5) is 13.6. The quantitative estimate of drug-likeness (QED) is 0.108. The van der Waals surface area contributed by atoms with Gasteiger partial charge in [0.15, 0.2) is 0 Å². The number of carboxylic acid groups (broad SMARTS) is 1. The van der Waals surface area contributed by atoms with E-state index in [2.05, 4.69) is 38.5 Å². The van der Waals surface area contributed by atoms with Crippen molar-refractivity contribution in [2.45, 2.75) is 37.8 Å². The molecule has 5 aromatic rings. The maximum absolute atomic E-state index is 13.4. The monoisotopic (exact) mass is 729 g/mol. The van der Waals surface area contributed by atoms with Crippen LogP contribution in [-0.4, -0.2) is 80.7 Å². The Bertz CT molecular complexity index is 1980. The second-order valence-corrected chi connectivity index (χ2v) is 15.2. The summed E-state index contributed by atoms with van der Waals surface area (Å²) in [6.45, 7) is 2.47. The van der Waals surface area contributed by atoms with E-state index in [4.69, 9.17) is 21.1 Å². The van der Waals surface area contributed by atoms with E-state index in [1.807, 2.05) is 54.6 Å². The molecule has 1 aromatic heterocycles. The second-order valence-electron chi connectivity index (χ2n) is 12.9. The zero-order chi connectivity index (χ0) is 35.8. The molecule has 0 radical (unpaired) electrons. The van der Waals surface area contributed by atoms with E-state index < -0.39 is 16.0 Å². The normalized spacial score (nSPS) is 15.2. The first-order valence-electron chi connectivity index (χ1n) is 17.3. The minimum absolute atomic E-state index is 0.0177. The van der Waals surface area contributed by atoms with E-state index in [0.29, 0.717) is 43.4 Å². The number of aromatic carboxylic acids is 1. The molecule has 1 aliphatic rings. The predicted molar refractivity (Wildman–Crippen MR) is 202 cm³/mol. The van der Waals surface area contributed by atoms with Crippen LogP contribution in [0.1, 0.15) is 51.6 Å². The lowest BCUT2D eigenvalue weighted by Crippen LogP contribution is -2.39. The third-order valence-electron chi connectivity index (χ3n) is 9.58. The van der Waals surface area contributed by atoms with Gasteiger partial charge < -0.3 is 19.1 Å². The molecule has 4 aromatic carbocycles.